The van der Waals surface area contributed by atoms with Crippen LogP contribution in [0.2, 0.25) is 5.02 Å². The number of carbonyl (C=O) groups excluding carboxylic acids is 1. The van der Waals surface area contributed by atoms with Gasteiger partial charge in [-0.1, -0.05) is 17.7 Å². The second kappa shape index (κ2) is 6.98. The highest BCUT2D eigenvalue weighted by Crippen LogP contribution is 2.25. The zero-order chi connectivity index (χ0) is 16.4. The first kappa shape index (κ1) is 16.4. The van der Waals surface area contributed by atoms with E-state index in [9.17, 15) is 9.18 Å². The maximum Gasteiger partial charge on any atom is 0.254 e. The fourth-order valence-corrected chi connectivity index (χ4v) is 3.03. The monoisotopic (exact) mass is 401 g/mol. The van der Waals surface area contributed by atoms with Crippen LogP contribution < -0.4 is 5.32 Å². The largest absolute Gasteiger partial charge is 0.368 e. The molecule has 2 heterocycles. The molecule has 0 radical (unpaired) electrons. The molecule has 0 bridgehead atoms. The molecule has 1 aliphatic heterocycles. The highest BCUT2D eigenvalue weighted by atomic mass is 79.9. The van der Waals surface area contributed by atoms with E-state index in [1.807, 2.05) is 0 Å². The van der Waals surface area contributed by atoms with Gasteiger partial charge in [0.05, 0.1) is 11.0 Å². The summed E-state index contributed by atoms with van der Waals surface area (Å²) < 4.78 is 21.3. The molecule has 1 aromatic heterocycles. The van der Waals surface area contributed by atoms with Gasteiger partial charge in [-0.05, 0) is 40.9 Å². The highest BCUT2D eigenvalue weighted by Gasteiger charge is 2.25. The number of amides is 1. The molecule has 5 nitrogen and oxygen atoms in total. The van der Waals surface area contributed by atoms with Gasteiger partial charge in [0.1, 0.15) is 11.9 Å². The molecular formula is C15H14BrClFN3O2. The molecular weight excluding hydrogens is 389 g/mol. The van der Waals surface area contributed by atoms with Gasteiger partial charge in [0.25, 0.3) is 5.91 Å². The minimum atomic E-state index is -0.437. The lowest BCUT2D eigenvalue weighted by atomic mass is 10.2. The molecule has 1 atom stereocenters. The summed E-state index contributed by atoms with van der Waals surface area (Å²) in [5, 5.41) is 7.31. The number of nitrogens with one attached hydrogen (secondary N) is 1. The molecule has 0 saturated carbocycles. The van der Waals surface area contributed by atoms with Gasteiger partial charge in [-0.2, -0.15) is 5.10 Å². The van der Waals surface area contributed by atoms with Gasteiger partial charge in [0.15, 0.2) is 5.82 Å². The second-order valence-electron chi connectivity index (χ2n) is 5.21. The number of hydrogen-bond acceptors (Lipinski definition) is 3. The summed E-state index contributed by atoms with van der Waals surface area (Å²) in [6.07, 6.45) is 2.80. The summed E-state index contributed by atoms with van der Waals surface area (Å²) >= 11 is 9.36. The number of aromatic nitrogens is 2. The SMILES string of the molecule is O=C(Nc1nn(Cc2c(F)cccc2Cl)cc1Br)[C@@H]1CCCO1. The first-order chi connectivity index (χ1) is 11.0. The minimum absolute atomic E-state index is 0.167. The Hall–Kier alpha value is -1.44. The molecule has 1 aromatic carbocycles. The van der Waals surface area contributed by atoms with E-state index in [0.717, 1.165) is 6.42 Å². The lowest BCUT2D eigenvalue weighted by Crippen LogP contribution is -2.27. The third-order valence-corrected chi connectivity index (χ3v) is 4.50. The van der Waals surface area contributed by atoms with Crippen molar-refractivity contribution in [3.8, 4) is 0 Å². The molecule has 8 heteroatoms. The van der Waals surface area contributed by atoms with E-state index in [2.05, 4.69) is 26.3 Å². The normalized spacial score (nSPS) is 17.4. The molecule has 1 fully saturated rings. The summed E-state index contributed by atoms with van der Waals surface area (Å²) in [6.45, 7) is 0.763. The maximum absolute atomic E-state index is 13.8. The molecule has 23 heavy (non-hydrogen) atoms. The summed E-state index contributed by atoms with van der Waals surface area (Å²) in [4.78, 5) is 12.1. The standard InChI is InChI=1S/C15H14BrClFN3O2/c16-10-8-21(7-9-11(17)3-1-4-12(9)18)20-14(10)19-15(22)13-5-2-6-23-13/h1,3-4,8,13H,2,5-7H2,(H,19,20,22)/t13-/m0/s1. The zero-order valence-electron chi connectivity index (χ0n) is 12.1. The molecule has 0 aliphatic carbocycles. The predicted molar refractivity (Wildman–Crippen MR) is 88.0 cm³/mol. The number of hydrogen-bond donors (Lipinski definition) is 1. The third kappa shape index (κ3) is 3.73. The average Bonchev–Trinajstić information content (AvgIpc) is 3.14. The average molecular weight is 403 g/mol. The van der Waals surface area contributed by atoms with Crippen LogP contribution in [-0.4, -0.2) is 28.4 Å². The van der Waals surface area contributed by atoms with E-state index < -0.39 is 11.9 Å². The molecule has 0 spiro atoms. The summed E-state index contributed by atoms with van der Waals surface area (Å²) in [6, 6.07) is 4.52. The molecule has 1 amide bonds. The van der Waals surface area contributed by atoms with Gasteiger partial charge in [0.2, 0.25) is 0 Å². The van der Waals surface area contributed by atoms with Crippen LogP contribution in [0.4, 0.5) is 10.2 Å². The van der Waals surface area contributed by atoms with E-state index in [0.29, 0.717) is 33.9 Å². The van der Waals surface area contributed by atoms with Crippen molar-refractivity contribution in [3.05, 3.63) is 45.3 Å². The highest BCUT2D eigenvalue weighted by molar-refractivity contribution is 9.10. The number of anilines is 1. The fourth-order valence-electron chi connectivity index (χ4n) is 2.39. The number of rotatable bonds is 4. The van der Waals surface area contributed by atoms with Gasteiger partial charge in [0, 0.05) is 23.4 Å². The Labute approximate surface area is 145 Å². The topological polar surface area (TPSA) is 56.2 Å². The summed E-state index contributed by atoms with van der Waals surface area (Å²) in [7, 11) is 0. The Morgan fingerprint density at radius 3 is 3.09 bits per heavy atom. The van der Waals surface area contributed by atoms with Crippen LogP contribution in [0.15, 0.2) is 28.9 Å². The molecule has 1 N–H and O–H groups in total. The van der Waals surface area contributed by atoms with Gasteiger partial charge < -0.3 is 10.1 Å². The van der Waals surface area contributed by atoms with Crippen molar-refractivity contribution in [3.63, 3.8) is 0 Å². The van der Waals surface area contributed by atoms with Crippen molar-refractivity contribution in [2.24, 2.45) is 0 Å². The Bertz CT molecular complexity index is 711. The summed E-state index contributed by atoms with van der Waals surface area (Å²) in [5.41, 5.74) is 0.348. The van der Waals surface area contributed by atoms with Gasteiger partial charge in [-0.3, -0.25) is 9.48 Å². The molecule has 122 valence electrons. The van der Waals surface area contributed by atoms with Gasteiger partial charge in [-0.25, -0.2) is 4.39 Å². The molecule has 3 rings (SSSR count). The second-order valence-corrected chi connectivity index (χ2v) is 6.48. The van der Waals surface area contributed by atoms with Crippen molar-refractivity contribution >= 4 is 39.3 Å². The Morgan fingerprint density at radius 1 is 1.57 bits per heavy atom. The molecule has 2 aromatic rings. The third-order valence-electron chi connectivity index (χ3n) is 3.56. The molecule has 0 unspecified atom stereocenters. The maximum atomic E-state index is 13.8. The van der Waals surface area contributed by atoms with E-state index in [4.69, 9.17) is 16.3 Å². The smallest absolute Gasteiger partial charge is 0.254 e. The van der Waals surface area contributed by atoms with Crippen LogP contribution in [0.5, 0.6) is 0 Å². The first-order valence-electron chi connectivity index (χ1n) is 7.13. The Balaban J connectivity index is 1.74. The number of nitrogens with zero attached hydrogens (tertiary/aromatic N) is 2. The first-order valence-corrected chi connectivity index (χ1v) is 8.30. The van der Waals surface area contributed by atoms with E-state index in [1.165, 1.54) is 10.7 Å². The van der Waals surface area contributed by atoms with Crippen LogP contribution >= 0.6 is 27.5 Å². The Kier molecular flexibility index (Phi) is 4.99. The van der Waals surface area contributed by atoms with Crippen molar-refractivity contribution in [1.82, 2.24) is 9.78 Å². The van der Waals surface area contributed by atoms with Gasteiger partial charge in [-0.15, -0.1) is 0 Å². The van der Waals surface area contributed by atoms with Crippen LogP contribution in [0.25, 0.3) is 0 Å². The molecule has 1 aliphatic rings. The van der Waals surface area contributed by atoms with E-state index >= 15 is 0 Å². The van der Waals surface area contributed by atoms with Gasteiger partial charge >= 0.3 is 0 Å². The van der Waals surface area contributed by atoms with E-state index in [-0.39, 0.29) is 12.5 Å². The lowest BCUT2D eigenvalue weighted by Gasteiger charge is -2.09. The lowest BCUT2D eigenvalue weighted by molar-refractivity contribution is -0.124. The quantitative estimate of drug-likeness (QED) is 0.850. The summed E-state index contributed by atoms with van der Waals surface area (Å²) in [5.74, 6) is -0.246. The van der Waals surface area contributed by atoms with Crippen molar-refractivity contribution in [2.45, 2.75) is 25.5 Å². The van der Waals surface area contributed by atoms with Crippen molar-refractivity contribution < 1.29 is 13.9 Å². The molecule has 1 saturated heterocycles. The minimum Gasteiger partial charge on any atom is -0.368 e. The van der Waals surface area contributed by atoms with Crippen molar-refractivity contribution in [1.29, 1.82) is 0 Å². The number of halogens is 3. The Morgan fingerprint density at radius 2 is 2.39 bits per heavy atom. The van der Waals surface area contributed by atoms with Crippen molar-refractivity contribution in [2.75, 3.05) is 11.9 Å². The fraction of sp³-hybridized carbons (Fsp3) is 0.333. The number of ether oxygens (including phenoxy) is 1. The van der Waals surface area contributed by atoms with Crippen LogP contribution in [0.3, 0.4) is 0 Å². The van der Waals surface area contributed by atoms with Crippen LogP contribution in [0.1, 0.15) is 18.4 Å². The number of carbonyl (C=O) groups is 1. The predicted octanol–water partition coefficient (Wildman–Crippen LogP) is 3.60. The number of benzene rings is 1. The van der Waals surface area contributed by atoms with E-state index in [1.54, 1.807) is 18.3 Å². The van der Waals surface area contributed by atoms with Crippen LogP contribution in [-0.2, 0) is 16.1 Å². The van der Waals surface area contributed by atoms with Crippen LogP contribution in [0, 0.1) is 5.82 Å². The zero-order valence-corrected chi connectivity index (χ0v) is 14.4.